The fourth-order valence-corrected chi connectivity index (χ4v) is 4.53. The summed E-state index contributed by atoms with van der Waals surface area (Å²) in [5.74, 6) is 4.30. The maximum atomic E-state index is 5.46. The molecule has 0 radical (unpaired) electrons. The summed E-state index contributed by atoms with van der Waals surface area (Å²) in [5, 5.41) is 0. The van der Waals surface area contributed by atoms with Gasteiger partial charge in [0.2, 0.25) is 0 Å². The Morgan fingerprint density at radius 1 is 1.05 bits per heavy atom. The monoisotopic (exact) mass is 299 g/mol. The topological polar surface area (TPSA) is 21.7 Å². The van der Waals surface area contributed by atoms with Gasteiger partial charge in [0.05, 0.1) is 14.2 Å². The molecular formula is C19H25NO2. The molecule has 0 N–H and O–H groups in total. The molecule has 1 saturated carbocycles. The van der Waals surface area contributed by atoms with E-state index >= 15 is 0 Å². The normalized spacial score (nSPS) is 29.6. The van der Waals surface area contributed by atoms with Crippen LogP contribution in [0.2, 0.25) is 0 Å². The first-order valence-corrected chi connectivity index (χ1v) is 8.41. The number of ether oxygens (including phenoxy) is 2. The van der Waals surface area contributed by atoms with Crippen LogP contribution in [0.4, 0.5) is 0 Å². The second-order valence-electron chi connectivity index (χ2n) is 7.00. The van der Waals surface area contributed by atoms with Crippen LogP contribution in [0, 0.1) is 17.8 Å². The molecule has 3 nitrogen and oxygen atoms in total. The summed E-state index contributed by atoms with van der Waals surface area (Å²) in [6.07, 6.45) is 8.82. The molecule has 0 spiro atoms. The van der Waals surface area contributed by atoms with Crippen molar-refractivity contribution >= 4 is 0 Å². The lowest BCUT2D eigenvalue weighted by atomic mass is 9.91. The van der Waals surface area contributed by atoms with Gasteiger partial charge in [-0.25, -0.2) is 0 Å². The maximum Gasteiger partial charge on any atom is 0.161 e. The molecule has 3 aliphatic rings. The quantitative estimate of drug-likeness (QED) is 0.797. The minimum Gasteiger partial charge on any atom is -0.493 e. The van der Waals surface area contributed by atoms with Gasteiger partial charge in [-0.2, -0.15) is 0 Å². The highest BCUT2D eigenvalue weighted by Gasteiger charge is 2.36. The molecule has 1 aromatic rings. The fourth-order valence-electron chi connectivity index (χ4n) is 4.53. The molecule has 4 rings (SSSR count). The van der Waals surface area contributed by atoms with Crippen LogP contribution in [-0.2, 0) is 13.0 Å². The summed E-state index contributed by atoms with van der Waals surface area (Å²) in [6, 6.07) is 4.33. The predicted octanol–water partition coefficient (Wildman–Crippen LogP) is 3.27. The van der Waals surface area contributed by atoms with E-state index in [1.54, 1.807) is 14.2 Å². The van der Waals surface area contributed by atoms with E-state index in [0.717, 1.165) is 42.2 Å². The van der Waals surface area contributed by atoms with Crippen molar-refractivity contribution in [3.05, 3.63) is 35.4 Å². The molecule has 1 aromatic carbocycles. The molecule has 2 aliphatic carbocycles. The Kier molecular flexibility index (Phi) is 3.61. The largest absolute Gasteiger partial charge is 0.493 e. The van der Waals surface area contributed by atoms with Gasteiger partial charge in [-0.3, -0.25) is 4.90 Å². The first kappa shape index (κ1) is 14.1. The minimum absolute atomic E-state index is 0.844. The van der Waals surface area contributed by atoms with Gasteiger partial charge in [0.1, 0.15) is 0 Å². The zero-order chi connectivity index (χ0) is 15.1. The van der Waals surface area contributed by atoms with E-state index in [2.05, 4.69) is 29.2 Å². The molecule has 0 amide bonds. The third-order valence-electron chi connectivity index (χ3n) is 5.71. The summed E-state index contributed by atoms with van der Waals surface area (Å²) < 4.78 is 10.9. The Hall–Kier alpha value is -1.48. The fraction of sp³-hybridized carbons (Fsp3) is 0.579. The van der Waals surface area contributed by atoms with E-state index in [4.69, 9.17) is 9.47 Å². The summed E-state index contributed by atoms with van der Waals surface area (Å²) >= 11 is 0. The third-order valence-corrected chi connectivity index (χ3v) is 5.71. The predicted molar refractivity (Wildman–Crippen MR) is 87.4 cm³/mol. The van der Waals surface area contributed by atoms with E-state index in [1.807, 2.05) is 0 Å². The van der Waals surface area contributed by atoms with Gasteiger partial charge in [-0.15, -0.1) is 0 Å². The smallest absolute Gasteiger partial charge is 0.161 e. The van der Waals surface area contributed by atoms with Crippen LogP contribution < -0.4 is 9.47 Å². The van der Waals surface area contributed by atoms with E-state index in [1.165, 1.54) is 37.1 Å². The third kappa shape index (κ3) is 2.41. The van der Waals surface area contributed by atoms with Gasteiger partial charge < -0.3 is 9.47 Å². The van der Waals surface area contributed by atoms with Crippen molar-refractivity contribution in [3.63, 3.8) is 0 Å². The average molecular weight is 299 g/mol. The molecule has 0 aromatic heterocycles. The Balaban J connectivity index is 1.48. The second-order valence-corrected chi connectivity index (χ2v) is 7.00. The van der Waals surface area contributed by atoms with E-state index in [-0.39, 0.29) is 0 Å². The van der Waals surface area contributed by atoms with Gasteiger partial charge in [0.15, 0.2) is 11.5 Å². The molecule has 1 heterocycles. The highest BCUT2D eigenvalue weighted by atomic mass is 16.5. The summed E-state index contributed by atoms with van der Waals surface area (Å²) in [5.41, 5.74) is 2.82. The number of nitrogens with zero attached hydrogens (tertiary/aromatic N) is 1. The van der Waals surface area contributed by atoms with Crippen molar-refractivity contribution in [2.45, 2.75) is 25.8 Å². The van der Waals surface area contributed by atoms with Gasteiger partial charge >= 0.3 is 0 Å². The number of methoxy groups -OCH3 is 2. The van der Waals surface area contributed by atoms with E-state index in [0.29, 0.717) is 0 Å². The molecule has 118 valence electrons. The first-order chi connectivity index (χ1) is 10.8. The zero-order valence-electron chi connectivity index (χ0n) is 13.5. The number of allylic oxidation sites excluding steroid dienone is 2. The Bertz CT molecular complexity index is 595. The molecule has 3 heteroatoms. The van der Waals surface area contributed by atoms with Crippen LogP contribution in [0.3, 0.4) is 0 Å². The van der Waals surface area contributed by atoms with Crippen molar-refractivity contribution < 1.29 is 9.47 Å². The van der Waals surface area contributed by atoms with Crippen LogP contribution in [0.5, 0.6) is 11.5 Å². The number of benzene rings is 1. The zero-order valence-corrected chi connectivity index (χ0v) is 13.5. The van der Waals surface area contributed by atoms with Crippen molar-refractivity contribution in [1.82, 2.24) is 4.90 Å². The lowest BCUT2D eigenvalue weighted by molar-refractivity contribution is 0.198. The lowest BCUT2D eigenvalue weighted by Crippen LogP contribution is -2.35. The molecule has 0 saturated heterocycles. The maximum absolute atomic E-state index is 5.46. The molecule has 22 heavy (non-hydrogen) atoms. The molecular weight excluding hydrogens is 274 g/mol. The van der Waals surface area contributed by atoms with Crippen molar-refractivity contribution in [3.8, 4) is 11.5 Å². The Morgan fingerprint density at radius 2 is 1.82 bits per heavy atom. The number of hydrogen-bond donors (Lipinski definition) is 0. The van der Waals surface area contributed by atoms with Crippen molar-refractivity contribution in [2.75, 3.05) is 27.3 Å². The van der Waals surface area contributed by atoms with Crippen molar-refractivity contribution in [2.24, 2.45) is 17.8 Å². The number of rotatable bonds is 4. The molecule has 3 atom stereocenters. The van der Waals surface area contributed by atoms with Crippen LogP contribution in [0.25, 0.3) is 0 Å². The molecule has 2 bridgehead atoms. The average Bonchev–Trinajstić information content (AvgIpc) is 3.16. The van der Waals surface area contributed by atoms with Crippen LogP contribution in [0.1, 0.15) is 24.0 Å². The Morgan fingerprint density at radius 3 is 2.45 bits per heavy atom. The lowest BCUT2D eigenvalue weighted by Gasteiger charge is -2.33. The summed E-state index contributed by atoms with van der Waals surface area (Å²) in [7, 11) is 3.43. The van der Waals surface area contributed by atoms with E-state index in [9.17, 15) is 0 Å². The summed E-state index contributed by atoms with van der Waals surface area (Å²) in [4.78, 5) is 2.63. The van der Waals surface area contributed by atoms with Crippen LogP contribution >= 0.6 is 0 Å². The minimum atomic E-state index is 0.844. The molecule has 1 aliphatic heterocycles. The number of fused-ring (bicyclic) bond motifs is 3. The van der Waals surface area contributed by atoms with E-state index < -0.39 is 0 Å². The van der Waals surface area contributed by atoms with Crippen LogP contribution in [-0.4, -0.2) is 32.2 Å². The highest BCUT2D eigenvalue weighted by Crippen LogP contribution is 2.44. The second kappa shape index (κ2) is 5.62. The summed E-state index contributed by atoms with van der Waals surface area (Å²) in [6.45, 7) is 3.46. The number of hydrogen-bond acceptors (Lipinski definition) is 3. The van der Waals surface area contributed by atoms with Gasteiger partial charge in [-0.1, -0.05) is 12.2 Å². The molecule has 0 unspecified atom stereocenters. The first-order valence-electron chi connectivity index (χ1n) is 8.41. The standard InChI is InChI=1S/C19H25NO2/c1-21-18-9-15-5-6-20(12-17(15)10-19(18)22-2)11-16-8-13-3-4-14(16)7-13/h3-4,9-10,13-14,16H,5-8,11-12H2,1-2H3/t13-,14-,16-/m0/s1. The Labute approximate surface area is 132 Å². The van der Waals surface area contributed by atoms with Gasteiger partial charge in [0, 0.05) is 19.6 Å². The SMILES string of the molecule is COc1cc2c(cc1OC)CN(C[C@@H]1C[C@H]3C=C[C@H]1C3)CC2. The van der Waals surface area contributed by atoms with Crippen molar-refractivity contribution in [1.29, 1.82) is 0 Å². The molecule has 1 fully saturated rings. The van der Waals surface area contributed by atoms with Gasteiger partial charge in [-0.05, 0) is 60.3 Å². The highest BCUT2D eigenvalue weighted by molar-refractivity contribution is 5.48. The van der Waals surface area contributed by atoms with Gasteiger partial charge in [0.25, 0.3) is 0 Å². The van der Waals surface area contributed by atoms with Crippen LogP contribution in [0.15, 0.2) is 24.3 Å².